The number of fused-ring (bicyclic) bond motifs is 1. The van der Waals surface area contributed by atoms with Gasteiger partial charge >= 0.3 is 11.6 Å². The van der Waals surface area contributed by atoms with Crippen molar-refractivity contribution < 1.29 is 23.5 Å². The quantitative estimate of drug-likeness (QED) is 0.172. The normalized spacial score (nSPS) is 14.0. The highest BCUT2D eigenvalue weighted by atomic mass is 35.5. The molecule has 1 saturated carbocycles. The molecule has 1 aromatic heterocycles. The number of hydrogen-bond donors (Lipinski definition) is 1. The lowest BCUT2D eigenvalue weighted by atomic mass is 9.95. The molecule has 0 saturated heterocycles. The third-order valence-electron chi connectivity index (χ3n) is 5.80. The van der Waals surface area contributed by atoms with E-state index in [1.54, 1.807) is 30.3 Å². The molecule has 0 atom stereocenters. The molecule has 0 spiro atoms. The Bertz CT molecular complexity index is 1280. The van der Waals surface area contributed by atoms with E-state index in [-0.39, 0.29) is 36.0 Å². The minimum atomic E-state index is -0.729. The number of rotatable bonds is 8. The number of ether oxygens (including phenoxy) is 2. The summed E-state index contributed by atoms with van der Waals surface area (Å²) in [5.41, 5.74) is -0.531. The lowest BCUT2D eigenvalue weighted by molar-refractivity contribution is -0.134. The van der Waals surface area contributed by atoms with Crippen LogP contribution in [0.3, 0.4) is 0 Å². The molecule has 0 aliphatic heterocycles. The molecule has 1 N–H and O–H groups in total. The number of esters is 1. The summed E-state index contributed by atoms with van der Waals surface area (Å²) in [5.74, 6) is -0.154. The van der Waals surface area contributed by atoms with Gasteiger partial charge in [-0.1, -0.05) is 42.5 Å². The second-order valence-electron chi connectivity index (χ2n) is 8.46. The number of benzene rings is 2. The summed E-state index contributed by atoms with van der Waals surface area (Å²) in [6.45, 7) is 0.273. The average Bonchev–Trinajstić information content (AvgIpc) is 2.83. The fraction of sp³-hybridized carbons (Fsp3) is 0.346. The van der Waals surface area contributed by atoms with Crippen LogP contribution >= 0.6 is 23.2 Å². The first-order valence-corrected chi connectivity index (χ1v) is 12.3. The molecule has 0 bridgehead atoms. The summed E-state index contributed by atoms with van der Waals surface area (Å²) in [7, 11) is 0. The molecule has 4 rings (SSSR count). The van der Waals surface area contributed by atoms with E-state index in [2.05, 4.69) is 5.32 Å². The Hall–Kier alpha value is -3.03. The van der Waals surface area contributed by atoms with E-state index in [1.807, 2.05) is 0 Å². The number of carbonyl (C=O) groups is 2. The van der Waals surface area contributed by atoms with Crippen LogP contribution in [0.1, 0.15) is 55.3 Å². The van der Waals surface area contributed by atoms with Gasteiger partial charge in [0.2, 0.25) is 0 Å². The van der Waals surface area contributed by atoms with Crippen molar-refractivity contribution in [3.8, 4) is 11.5 Å². The van der Waals surface area contributed by atoms with Crippen LogP contribution in [0, 0.1) is 0 Å². The van der Waals surface area contributed by atoms with Gasteiger partial charge in [-0.25, -0.2) is 4.79 Å². The Balaban J connectivity index is 1.32. The van der Waals surface area contributed by atoms with Crippen LogP contribution in [-0.4, -0.2) is 24.5 Å². The van der Waals surface area contributed by atoms with Gasteiger partial charge in [-0.2, -0.15) is 0 Å². The maximum absolute atomic E-state index is 12.6. The van der Waals surface area contributed by atoms with Gasteiger partial charge in [-0.3, -0.25) is 9.59 Å². The maximum atomic E-state index is 12.6. The highest BCUT2D eigenvalue weighted by molar-refractivity contribution is 6.35. The molecule has 35 heavy (non-hydrogen) atoms. The summed E-state index contributed by atoms with van der Waals surface area (Å²) in [5, 5.41) is 4.39. The second-order valence-corrected chi connectivity index (χ2v) is 9.30. The van der Waals surface area contributed by atoms with Gasteiger partial charge < -0.3 is 19.2 Å². The number of amides is 1. The zero-order valence-electron chi connectivity index (χ0n) is 19.0. The smallest absolute Gasteiger partial charge is 0.349 e. The van der Waals surface area contributed by atoms with E-state index in [1.165, 1.54) is 18.6 Å². The Labute approximate surface area is 212 Å². The van der Waals surface area contributed by atoms with Crippen molar-refractivity contribution in [2.24, 2.45) is 0 Å². The molecule has 3 aromatic rings. The third-order valence-corrected chi connectivity index (χ3v) is 6.33. The summed E-state index contributed by atoms with van der Waals surface area (Å²) in [6.07, 6.45) is 5.68. The van der Waals surface area contributed by atoms with Crippen molar-refractivity contribution in [3.63, 3.8) is 0 Å². The van der Waals surface area contributed by atoms with Gasteiger partial charge in [0.15, 0.2) is 0 Å². The van der Waals surface area contributed by atoms with E-state index in [0.29, 0.717) is 27.6 Å². The van der Waals surface area contributed by atoms with Crippen LogP contribution in [0.15, 0.2) is 51.7 Å². The van der Waals surface area contributed by atoms with Gasteiger partial charge in [-0.05, 0) is 55.7 Å². The van der Waals surface area contributed by atoms with Crippen LogP contribution in [0.5, 0.6) is 11.5 Å². The molecular weight excluding hydrogens is 493 g/mol. The van der Waals surface area contributed by atoms with E-state index >= 15 is 0 Å². The Morgan fingerprint density at radius 1 is 1.03 bits per heavy atom. The summed E-state index contributed by atoms with van der Waals surface area (Å²) < 4.78 is 16.3. The van der Waals surface area contributed by atoms with E-state index in [9.17, 15) is 14.4 Å². The van der Waals surface area contributed by atoms with Crippen LogP contribution in [0.25, 0.3) is 11.0 Å². The maximum Gasteiger partial charge on any atom is 0.349 e. The van der Waals surface area contributed by atoms with Gasteiger partial charge in [0, 0.05) is 28.9 Å². The van der Waals surface area contributed by atoms with Crippen molar-refractivity contribution >= 4 is 46.0 Å². The monoisotopic (exact) mass is 517 g/mol. The molecule has 2 aromatic carbocycles. The molecule has 9 heteroatoms. The van der Waals surface area contributed by atoms with Crippen molar-refractivity contribution in [2.75, 3.05) is 6.61 Å². The van der Waals surface area contributed by atoms with Crippen LogP contribution in [0.4, 0.5) is 0 Å². The standard InChI is InChI=1S/C26H25Cl2NO6/c27-17-9-11-22(21(28)14-17)33-12-4-7-24(30)34-19-10-8-16-13-20(26(32)35-23(16)15-19)25(31)29-18-5-2-1-3-6-18/h8-11,13-15,18H,1-7,12H2,(H,29,31). The molecule has 7 nitrogen and oxygen atoms in total. The third kappa shape index (κ3) is 6.77. The first-order chi connectivity index (χ1) is 16.9. The predicted octanol–water partition coefficient (Wildman–Crippen LogP) is 5.93. The van der Waals surface area contributed by atoms with Crippen molar-refractivity contribution in [1.29, 1.82) is 0 Å². The lowest BCUT2D eigenvalue weighted by Crippen LogP contribution is -2.38. The van der Waals surface area contributed by atoms with Crippen molar-refractivity contribution in [3.05, 3.63) is 68.5 Å². The second kappa shape index (κ2) is 11.6. The number of nitrogens with one attached hydrogen (secondary N) is 1. The van der Waals surface area contributed by atoms with Gasteiger partial charge in [0.25, 0.3) is 5.91 Å². The molecule has 0 unspecified atom stereocenters. The summed E-state index contributed by atoms with van der Waals surface area (Å²) in [4.78, 5) is 37.2. The predicted molar refractivity (Wildman–Crippen MR) is 134 cm³/mol. The zero-order chi connectivity index (χ0) is 24.8. The summed E-state index contributed by atoms with van der Waals surface area (Å²) >= 11 is 11.9. The lowest BCUT2D eigenvalue weighted by Gasteiger charge is -2.22. The zero-order valence-corrected chi connectivity index (χ0v) is 20.5. The highest BCUT2D eigenvalue weighted by Crippen LogP contribution is 2.28. The highest BCUT2D eigenvalue weighted by Gasteiger charge is 2.20. The number of hydrogen-bond acceptors (Lipinski definition) is 6. The van der Waals surface area contributed by atoms with Crippen LogP contribution in [-0.2, 0) is 4.79 Å². The molecule has 1 aliphatic carbocycles. The Kier molecular flexibility index (Phi) is 8.31. The topological polar surface area (TPSA) is 94.8 Å². The first-order valence-electron chi connectivity index (χ1n) is 11.6. The SMILES string of the molecule is O=C(CCCOc1ccc(Cl)cc1Cl)Oc1ccc2cc(C(=O)NC3CCCCC3)c(=O)oc2c1. The van der Waals surface area contributed by atoms with Gasteiger partial charge in [0.1, 0.15) is 22.6 Å². The van der Waals surface area contributed by atoms with Gasteiger partial charge in [-0.15, -0.1) is 0 Å². The van der Waals surface area contributed by atoms with E-state index < -0.39 is 17.5 Å². The van der Waals surface area contributed by atoms with Crippen LogP contribution in [0.2, 0.25) is 10.0 Å². The summed E-state index contributed by atoms with van der Waals surface area (Å²) in [6, 6.07) is 11.2. The minimum absolute atomic E-state index is 0.0337. The first kappa shape index (κ1) is 25.1. The molecule has 1 amide bonds. The molecule has 1 fully saturated rings. The molecule has 0 radical (unpaired) electrons. The Morgan fingerprint density at radius 3 is 2.60 bits per heavy atom. The molecule has 1 heterocycles. The molecule has 1 aliphatic rings. The van der Waals surface area contributed by atoms with E-state index in [4.69, 9.17) is 37.1 Å². The van der Waals surface area contributed by atoms with E-state index in [0.717, 1.165) is 25.7 Å². The average molecular weight is 518 g/mol. The fourth-order valence-electron chi connectivity index (χ4n) is 4.00. The molecule has 184 valence electrons. The fourth-order valence-corrected chi connectivity index (χ4v) is 4.46. The number of carbonyl (C=O) groups excluding carboxylic acids is 2. The van der Waals surface area contributed by atoms with Crippen molar-refractivity contribution in [2.45, 2.75) is 51.0 Å². The Morgan fingerprint density at radius 2 is 1.83 bits per heavy atom. The van der Waals surface area contributed by atoms with Crippen molar-refractivity contribution in [1.82, 2.24) is 5.32 Å². The minimum Gasteiger partial charge on any atom is -0.492 e. The van der Waals surface area contributed by atoms with Gasteiger partial charge in [0.05, 0.1) is 11.6 Å². The number of halogens is 2. The largest absolute Gasteiger partial charge is 0.492 e. The van der Waals surface area contributed by atoms with Crippen LogP contribution < -0.4 is 20.4 Å². The molecular formula is C26H25Cl2NO6.